The summed E-state index contributed by atoms with van der Waals surface area (Å²) in [5.41, 5.74) is 1.10. The van der Waals surface area contributed by atoms with E-state index < -0.39 is 0 Å². The zero-order chi connectivity index (χ0) is 14.5. The van der Waals surface area contributed by atoms with Crippen molar-refractivity contribution in [2.24, 2.45) is 0 Å². The number of esters is 1. The molecule has 0 amide bonds. The average molecular weight is 294 g/mol. The molecule has 0 aromatic heterocycles. The summed E-state index contributed by atoms with van der Waals surface area (Å²) in [6.45, 7) is 5.87. The van der Waals surface area contributed by atoms with E-state index in [-0.39, 0.29) is 37.8 Å². The van der Waals surface area contributed by atoms with E-state index in [9.17, 15) is 4.79 Å². The second-order valence-corrected chi connectivity index (χ2v) is 5.30. The molecule has 1 aromatic carbocycles. The molecule has 118 valence electrons. The predicted octanol–water partition coefficient (Wildman–Crippen LogP) is 3.34. The van der Waals surface area contributed by atoms with E-state index >= 15 is 0 Å². The van der Waals surface area contributed by atoms with E-state index in [0.29, 0.717) is 13.0 Å². The molecule has 2 rings (SSSR count). The molecule has 1 aliphatic rings. The lowest BCUT2D eigenvalue weighted by Crippen LogP contribution is -2.49. The normalized spacial score (nSPS) is 28.5. The number of ether oxygens (including phenoxy) is 3. The quantitative estimate of drug-likeness (QED) is 0.799. The maximum atomic E-state index is 11.2. The molecule has 21 heavy (non-hydrogen) atoms. The number of carbonyl (C=O) groups excluding carboxylic acids is 1. The summed E-state index contributed by atoms with van der Waals surface area (Å²) < 4.78 is 17.1. The van der Waals surface area contributed by atoms with Crippen molar-refractivity contribution in [2.45, 2.75) is 65.6 Å². The Balaban J connectivity index is 0.00000220. The summed E-state index contributed by atoms with van der Waals surface area (Å²) >= 11 is 0. The van der Waals surface area contributed by atoms with Gasteiger partial charge in [0.05, 0.1) is 18.8 Å². The Morgan fingerprint density at radius 2 is 1.95 bits per heavy atom. The van der Waals surface area contributed by atoms with Gasteiger partial charge in [0.2, 0.25) is 0 Å². The Labute approximate surface area is 127 Å². The number of benzene rings is 1. The first-order valence-corrected chi connectivity index (χ1v) is 7.04. The smallest absolute Gasteiger partial charge is 0.302 e. The molecule has 0 radical (unpaired) electrons. The maximum absolute atomic E-state index is 11.2. The first kappa shape index (κ1) is 17.7. The van der Waals surface area contributed by atoms with Crippen molar-refractivity contribution >= 4 is 5.97 Å². The minimum Gasteiger partial charge on any atom is -0.460 e. The van der Waals surface area contributed by atoms with Crippen LogP contribution in [0.5, 0.6) is 0 Å². The summed E-state index contributed by atoms with van der Waals surface area (Å²) in [4.78, 5) is 11.2. The Morgan fingerprint density at radius 3 is 2.57 bits per heavy atom. The molecule has 4 atom stereocenters. The first-order chi connectivity index (χ1) is 9.56. The van der Waals surface area contributed by atoms with Gasteiger partial charge in [-0.3, -0.25) is 4.79 Å². The van der Waals surface area contributed by atoms with Gasteiger partial charge in [0.15, 0.2) is 0 Å². The summed E-state index contributed by atoms with van der Waals surface area (Å²) in [6, 6.07) is 9.95. The van der Waals surface area contributed by atoms with Crippen molar-refractivity contribution in [3.05, 3.63) is 35.9 Å². The molecule has 4 heteroatoms. The van der Waals surface area contributed by atoms with Crippen molar-refractivity contribution in [1.29, 1.82) is 0 Å². The standard InChI is InChI=1S/C16H22O4.CH4/c1-11-9-15(20-13(3)17)16(12(2)19-11)18-10-14-7-5-4-6-8-14;/h4-8,11-12,15-16H,9-10H2,1-3H3;1H4. The van der Waals surface area contributed by atoms with Crippen molar-refractivity contribution in [1.82, 2.24) is 0 Å². The van der Waals surface area contributed by atoms with Crippen LogP contribution in [0.15, 0.2) is 30.3 Å². The van der Waals surface area contributed by atoms with E-state index in [1.165, 1.54) is 6.92 Å². The fourth-order valence-corrected chi connectivity index (χ4v) is 2.60. The van der Waals surface area contributed by atoms with Crippen LogP contribution < -0.4 is 0 Å². The summed E-state index contributed by atoms with van der Waals surface area (Å²) in [5, 5.41) is 0. The summed E-state index contributed by atoms with van der Waals surface area (Å²) in [5.74, 6) is -0.274. The molecule has 4 unspecified atom stereocenters. The van der Waals surface area contributed by atoms with Crippen molar-refractivity contribution in [2.75, 3.05) is 0 Å². The first-order valence-electron chi connectivity index (χ1n) is 7.04. The van der Waals surface area contributed by atoms with Crippen LogP contribution in [0.3, 0.4) is 0 Å². The third-order valence-electron chi connectivity index (χ3n) is 3.44. The molecular weight excluding hydrogens is 268 g/mol. The molecule has 0 bridgehead atoms. The minimum absolute atomic E-state index is 0. The molecular formula is C17H26O4. The van der Waals surface area contributed by atoms with Gasteiger partial charge in [0, 0.05) is 13.3 Å². The van der Waals surface area contributed by atoms with Crippen LogP contribution in [0.2, 0.25) is 0 Å². The highest BCUT2D eigenvalue weighted by Gasteiger charge is 2.37. The number of rotatable bonds is 4. The van der Waals surface area contributed by atoms with Gasteiger partial charge >= 0.3 is 5.97 Å². The van der Waals surface area contributed by atoms with Crippen LogP contribution in [-0.4, -0.2) is 30.4 Å². The second-order valence-electron chi connectivity index (χ2n) is 5.30. The molecule has 4 nitrogen and oxygen atoms in total. The van der Waals surface area contributed by atoms with Gasteiger partial charge in [-0.1, -0.05) is 37.8 Å². The molecule has 1 aliphatic heterocycles. The van der Waals surface area contributed by atoms with Crippen LogP contribution in [-0.2, 0) is 25.6 Å². The number of hydrogen-bond acceptors (Lipinski definition) is 4. The monoisotopic (exact) mass is 294 g/mol. The van der Waals surface area contributed by atoms with Gasteiger partial charge in [0.1, 0.15) is 12.2 Å². The summed E-state index contributed by atoms with van der Waals surface area (Å²) in [7, 11) is 0. The number of hydrogen-bond donors (Lipinski definition) is 0. The Kier molecular flexibility index (Phi) is 6.85. The molecule has 1 aromatic rings. The van der Waals surface area contributed by atoms with Crippen molar-refractivity contribution < 1.29 is 19.0 Å². The minimum atomic E-state index is -0.274. The summed E-state index contributed by atoms with van der Waals surface area (Å²) in [6.07, 6.45) is 0.187. The largest absolute Gasteiger partial charge is 0.460 e. The van der Waals surface area contributed by atoms with Gasteiger partial charge < -0.3 is 14.2 Å². The van der Waals surface area contributed by atoms with Crippen molar-refractivity contribution in [3.8, 4) is 0 Å². The molecule has 1 saturated heterocycles. The lowest BCUT2D eigenvalue weighted by molar-refractivity contribution is -0.199. The SMILES string of the molecule is C.CC(=O)OC1CC(C)OC(C)C1OCc1ccccc1. The average Bonchev–Trinajstić information content (AvgIpc) is 2.38. The lowest BCUT2D eigenvalue weighted by atomic mass is 9.99. The van der Waals surface area contributed by atoms with Crippen LogP contribution in [0.25, 0.3) is 0 Å². The molecule has 0 saturated carbocycles. The Morgan fingerprint density at radius 1 is 1.29 bits per heavy atom. The van der Waals surface area contributed by atoms with Crippen molar-refractivity contribution in [3.63, 3.8) is 0 Å². The van der Waals surface area contributed by atoms with E-state index in [1.54, 1.807) is 0 Å². The van der Waals surface area contributed by atoms with Gasteiger partial charge in [-0.25, -0.2) is 0 Å². The van der Waals surface area contributed by atoms with Gasteiger partial charge in [0.25, 0.3) is 0 Å². The highest BCUT2D eigenvalue weighted by atomic mass is 16.6. The third-order valence-corrected chi connectivity index (χ3v) is 3.44. The number of carbonyl (C=O) groups is 1. The highest BCUT2D eigenvalue weighted by Crippen LogP contribution is 2.26. The van der Waals surface area contributed by atoms with Crippen LogP contribution >= 0.6 is 0 Å². The van der Waals surface area contributed by atoms with E-state index in [2.05, 4.69) is 0 Å². The fourth-order valence-electron chi connectivity index (χ4n) is 2.60. The molecule has 0 spiro atoms. The molecule has 1 heterocycles. The maximum Gasteiger partial charge on any atom is 0.302 e. The Bertz CT molecular complexity index is 432. The topological polar surface area (TPSA) is 44.8 Å². The van der Waals surface area contributed by atoms with Crippen LogP contribution in [0, 0.1) is 0 Å². The third kappa shape index (κ3) is 5.14. The fraction of sp³-hybridized carbons (Fsp3) is 0.588. The zero-order valence-corrected chi connectivity index (χ0v) is 12.2. The van der Waals surface area contributed by atoms with Crippen LogP contribution in [0.1, 0.15) is 40.2 Å². The van der Waals surface area contributed by atoms with E-state index in [4.69, 9.17) is 14.2 Å². The van der Waals surface area contributed by atoms with E-state index in [1.807, 2.05) is 44.2 Å². The molecule has 1 fully saturated rings. The van der Waals surface area contributed by atoms with Gasteiger partial charge in [-0.05, 0) is 19.4 Å². The van der Waals surface area contributed by atoms with Crippen LogP contribution in [0.4, 0.5) is 0 Å². The molecule has 0 aliphatic carbocycles. The van der Waals surface area contributed by atoms with E-state index in [0.717, 1.165) is 5.56 Å². The zero-order valence-electron chi connectivity index (χ0n) is 12.2. The second kappa shape index (κ2) is 8.15. The highest BCUT2D eigenvalue weighted by molar-refractivity contribution is 5.66. The van der Waals surface area contributed by atoms with Gasteiger partial charge in [-0.15, -0.1) is 0 Å². The lowest BCUT2D eigenvalue weighted by Gasteiger charge is -2.38. The Hall–Kier alpha value is -1.39. The predicted molar refractivity (Wildman–Crippen MR) is 81.9 cm³/mol. The molecule has 0 N–H and O–H groups in total. The van der Waals surface area contributed by atoms with Gasteiger partial charge in [-0.2, -0.15) is 0 Å².